The Morgan fingerprint density at radius 2 is 1.79 bits per heavy atom. The average Bonchev–Trinajstić information content (AvgIpc) is 3.52. The van der Waals surface area contributed by atoms with Crippen molar-refractivity contribution in [1.29, 1.82) is 0 Å². The molecule has 0 spiro atoms. The van der Waals surface area contributed by atoms with Crippen LogP contribution in [0.3, 0.4) is 0 Å². The summed E-state index contributed by atoms with van der Waals surface area (Å²) < 4.78 is 6.07. The summed E-state index contributed by atoms with van der Waals surface area (Å²) in [5, 5.41) is 3.40. The van der Waals surface area contributed by atoms with Gasteiger partial charge < -0.3 is 9.74 Å². The van der Waals surface area contributed by atoms with Gasteiger partial charge in [0.05, 0.1) is 0 Å². The number of hydrogen-bond donors (Lipinski definition) is 1. The van der Waals surface area contributed by atoms with Gasteiger partial charge in [0.2, 0.25) is 0 Å². The SMILES string of the molecule is CCC(=O)O[Si](CCCC1CCNC1)(C1(CC)OO1)C1(CC)OO1. The Hall–Kier alpha value is -0.513. The van der Waals surface area contributed by atoms with Crippen LogP contribution in [0.15, 0.2) is 0 Å². The summed E-state index contributed by atoms with van der Waals surface area (Å²) in [7, 11) is -2.94. The second kappa shape index (κ2) is 7.01. The molecule has 0 aliphatic carbocycles. The van der Waals surface area contributed by atoms with Gasteiger partial charge in [0.25, 0.3) is 16.8 Å². The first kappa shape index (κ1) is 18.3. The lowest BCUT2D eigenvalue weighted by Gasteiger charge is -2.34. The number of nitrogens with one attached hydrogen (secondary N) is 1. The van der Waals surface area contributed by atoms with Crippen LogP contribution in [0.5, 0.6) is 0 Å². The minimum Gasteiger partial charge on any atom is -0.507 e. The highest BCUT2D eigenvalue weighted by atomic mass is 28.4. The highest BCUT2D eigenvalue weighted by Crippen LogP contribution is 2.57. The third kappa shape index (κ3) is 3.04. The summed E-state index contributed by atoms with van der Waals surface area (Å²) in [6.07, 6.45) is 4.83. The van der Waals surface area contributed by atoms with Crippen LogP contribution in [-0.2, 0) is 28.8 Å². The van der Waals surface area contributed by atoms with E-state index in [1.807, 2.05) is 13.8 Å². The Labute approximate surface area is 144 Å². The van der Waals surface area contributed by atoms with E-state index in [0.29, 0.717) is 25.2 Å². The van der Waals surface area contributed by atoms with Gasteiger partial charge in [-0.05, 0) is 37.9 Å². The lowest BCUT2D eigenvalue weighted by molar-refractivity contribution is -0.135. The van der Waals surface area contributed by atoms with Crippen LogP contribution < -0.4 is 5.32 Å². The fourth-order valence-electron chi connectivity index (χ4n) is 3.92. The van der Waals surface area contributed by atoms with Gasteiger partial charge in [-0.25, -0.2) is 0 Å². The molecule has 3 aliphatic rings. The first-order chi connectivity index (χ1) is 11.6. The fraction of sp³-hybridized carbons (Fsp3) is 0.938. The van der Waals surface area contributed by atoms with E-state index in [1.54, 1.807) is 6.92 Å². The topological polar surface area (TPSA) is 88.5 Å². The van der Waals surface area contributed by atoms with Crippen LogP contribution in [0.25, 0.3) is 0 Å². The van der Waals surface area contributed by atoms with Gasteiger partial charge in [-0.3, -0.25) is 4.79 Å². The second-order valence-corrected chi connectivity index (χ2v) is 10.8. The lowest BCUT2D eigenvalue weighted by Crippen LogP contribution is -2.65. The molecule has 0 amide bonds. The molecule has 7 nitrogen and oxygen atoms in total. The van der Waals surface area contributed by atoms with Gasteiger partial charge in [-0.15, -0.1) is 0 Å². The molecule has 3 rings (SSSR count). The monoisotopic (exact) mass is 359 g/mol. The summed E-state index contributed by atoms with van der Waals surface area (Å²) in [6, 6.07) is 0.733. The molecule has 8 heteroatoms. The maximum Gasteiger partial charge on any atom is 0.391 e. The molecule has 0 bridgehead atoms. The van der Waals surface area contributed by atoms with Gasteiger partial charge >= 0.3 is 8.32 Å². The third-order valence-corrected chi connectivity index (χ3v) is 10.7. The van der Waals surface area contributed by atoms with E-state index >= 15 is 0 Å². The van der Waals surface area contributed by atoms with E-state index in [9.17, 15) is 4.79 Å². The molecule has 1 N–H and O–H groups in total. The minimum atomic E-state index is -2.94. The first-order valence-electron chi connectivity index (χ1n) is 9.23. The molecule has 24 heavy (non-hydrogen) atoms. The van der Waals surface area contributed by atoms with Crippen molar-refractivity contribution in [3.63, 3.8) is 0 Å². The van der Waals surface area contributed by atoms with Crippen molar-refractivity contribution in [3.8, 4) is 0 Å². The Morgan fingerprint density at radius 1 is 1.17 bits per heavy atom. The van der Waals surface area contributed by atoms with E-state index in [-0.39, 0.29) is 5.97 Å². The zero-order valence-electron chi connectivity index (χ0n) is 14.9. The van der Waals surface area contributed by atoms with E-state index in [2.05, 4.69) is 5.32 Å². The van der Waals surface area contributed by atoms with Crippen molar-refractivity contribution in [3.05, 3.63) is 0 Å². The predicted molar refractivity (Wildman–Crippen MR) is 87.5 cm³/mol. The molecule has 138 valence electrons. The van der Waals surface area contributed by atoms with Gasteiger partial charge in [0, 0.05) is 19.3 Å². The molecule has 1 atom stereocenters. The normalized spacial score (nSPS) is 27.0. The quantitative estimate of drug-likeness (QED) is 0.364. The fourth-order valence-corrected chi connectivity index (χ4v) is 8.68. The summed E-state index contributed by atoms with van der Waals surface area (Å²) in [5.41, 5.74) is -1.67. The molecule has 1 unspecified atom stereocenters. The van der Waals surface area contributed by atoms with E-state index in [4.69, 9.17) is 24.0 Å². The maximum atomic E-state index is 12.2. The Bertz CT molecular complexity index is 439. The van der Waals surface area contributed by atoms with Crippen LogP contribution >= 0.6 is 0 Å². The summed E-state index contributed by atoms with van der Waals surface area (Å²) in [5.74, 6) is 0.457. The Kier molecular flexibility index (Phi) is 5.34. The standard InChI is InChI=1S/C16H29NO6Si/c1-4-14(18)19-24(15(5-2)20-21-15,16(6-3)22-23-16)11-7-8-13-9-10-17-12-13/h13,17H,4-12H2,1-3H3. The number of carbonyl (C=O) groups excluding carboxylic acids is 1. The molecule has 3 fully saturated rings. The van der Waals surface area contributed by atoms with Crippen LogP contribution in [-0.4, -0.2) is 38.2 Å². The molecule has 0 aromatic rings. The van der Waals surface area contributed by atoms with Crippen molar-refractivity contribution in [2.24, 2.45) is 5.92 Å². The van der Waals surface area contributed by atoms with Crippen molar-refractivity contribution in [2.45, 2.75) is 76.2 Å². The smallest absolute Gasteiger partial charge is 0.391 e. The van der Waals surface area contributed by atoms with Gasteiger partial charge in [-0.2, -0.15) is 19.6 Å². The van der Waals surface area contributed by atoms with E-state index < -0.39 is 19.1 Å². The van der Waals surface area contributed by atoms with Crippen molar-refractivity contribution in [2.75, 3.05) is 13.1 Å². The largest absolute Gasteiger partial charge is 0.507 e. The second-order valence-electron chi connectivity index (χ2n) is 6.95. The zero-order valence-corrected chi connectivity index (χ0v) is 15.9. The van der Waals surface area contributed by atoms with Gasteiger partial charge in [0.1, 0.15) is 0 Å². The minimum absolute atomic E-state index is 0.233. The van der Waals surface area contributed by atoms with E-state index in [0.717, 1.165) is 32.0 Å². The van der Waals surface area contributed by atoms with Crippen LogP contribution in [0.1, 0.15) is 59.3 Å². The third-order valence-electron chi connectivity index (χ3n) is 5.61. The maximum absolute atomic E-state index is 12.2. The average molecular weight is 359 g/mol. The summed E-state index contributed by atoms with van der Waals surface area (Å²) in [6.45, 7) is 7.93. The van der Waals surface area contributed by atoms with Crippen molar-refractivity contribution in [1.82, 2.24) is 5.32 Å². The Morgan fingerprint density at radius 3 is 2.21 bits per heavy atom. The van der Waals surface area contributed by atoms with E-state index in [1.165, 1.54) is 6.42 Å². The number of rotatable bonds is 10. The van der Waals surface area contributed by atoms with Crippen molar-refractivity contribution < 1.29 is 28.8 Å². The van der Waals surface area contributed by atoms with Crippen LogP contribution in [0.2, 0.25) is 6.04 Å². The van der Waals surface area contributed by atoms with Crippen LogP contribution in [0, 0.1) is 5.92 Å². The zero-order chi connectivity index (χ0) is 17.3. The highest BCUT2D eigenvalue weighted by molar-refractivity contribution is 6.80. The van der Waals surface area contributed by atoms with Crippen molar-refractivity contribution >= 4 is 14.3 Å². The molecule has 0 radical (unpaired) electrons. The Balaban J connectivity index is 1.79. The van der Waals surface area contributed by atoms with Gasteiger partial charge in [0.15, 0.2) is 0 Å². The summed E-state index contributed by atoms with van der Waals surface area (Å²) >= 11 is 0. The lowest BCUT2D eigenvalue weighted by atomic mass is 10.0. The molecule has 3 heterocycles. The highest BCUT2D eigenvalue weighted by Gasteiger charge is 2.84. The summed E-state index contributed by atoms with van der Waals surface area (Å²) in [4.78, 5) is 33.9. The van der Waals surface area contributed by atoms with Crippen LogP contribution in [0.4, 0.5) is 0 Å². The van der Waals surface area contributed by atoms with Gasteiger partial charge in [-0.1, -0.05) is 27.2 Å². The predicted octanol–water partition coefficient (Wildman–Crippen LogP) is 2.49. The molecule has 0 aromatic carbocycles. The first-order valence-corrected chi connectivity index (χ1v) is 11.3. The molecule has 3 aliphatic heterocycles. The number of hydrogen-bond acceptors (Lipinski definition) is 7. The molecular formula is C16H29NO6Si. The number of carbonyl (C=O) groups is 1. The molecule has 0 saturated carbocycles. The molecular weight excluding hydrogens is 330 g/mol. The molecule has 3 saturated heterocycles. The molecule has 0 aromatic heterocycles.